The first-order chi connectivity index (χ1) is 14.9. The molecule has 1 aliphatic heterocycles. The summed E-state index contributed by atoms with van der Waals surface area (Å²) in [5.41, 5.74) is 4.69. The molecule has 1 atom stereocenters. The number of Topliss-reactive ketones (excluding diaryl/α,β-unsaturated/α-hetero) is 1. The number of fused-ring (bicyclic) bond motifs is 1. The minimum absolute atomic E-state index is 0.0408. The molecule has 0 fully saturated rings. The molecule has 0 bridgehead atoms. The highest BCUT2D eigenvalue weighted by Crippen LogP contribution is 2.42. The molecule has 0 saturated heterocycles. The molecular formula is C24H26N2O4S. The minimum atomic E-state index is -0.236. The van der Waals surface area contributed by atoms with Crippen molar-refractivity contribution in [1.82, 2.24) is 9.88 Å². The predicted octanol–water partition coefficient (Wildman–Crippen LogP) is 4.70. The number of aromatic nitrogens is 1. The zero-order valence-corrected chi connectivity index (χ0v) is 19.2. The van der Waals surface area contributed by atoms with E-state index in [2.05, 4.69) is 11.1 Å². The number of ketones is 1. The van der Waals surface area contributed by atoms with Crippen LogP contribution in [-0.2, 0) is 6.42 Å². The predicted molar refractivity (Wildman–Crippen MR) is 121 cm³/mol. The lowest BCUT2D eigenvalue weighted by Gasteiger charge is -2.37. The van der Waals surface area contributed by atoms with E-state index in [1.165, 1.54) is 6.92 Å². The minimum Gasteiger partial charge on any atom is -0.493 e. The standard InChI is InChI=1S/C24H26N2O4S/c1-13-21(15(3)27)14(2)25-22(13)24(28)26-9-8-16-11-18(29-4)19(30-5)12-17(16)23(26)20-7-6-10-31-20/h6-7,10-12,23,25H,8-9H2,1-5H3/t23-/m0/s1. The fraction of sp³-hybridized carbons (Fsp3) is 0.333. The summed E-state index contributed by atoms with van der Waals surface area (Å²) in [4.78, 5) is 31.9. The summed E-state index contributed by atoms with van der Waals surface area (Å²) in [5.74, 6) is 1.18. The Balaban J connectivity index is 1.83. The Hall–Kier alpha value is -3.06. The maximum absolute atomic E-state index is 13.7. The number of aromatic amines is 1. The van der Waals surface area contributed by atoms with Crippen LogP contribution in [-0.4, -0.2) is 42.3 Å². The highest BCUT2D eigenvalue weighted by atomic mass is 32.1. The summed E-state index contributed by atoms with van der Waals surface area (Å²) in [7, 11) is 3.24. The van der Waals surface area contributed by atoms with Crippen molar-refractivity contribution in [2.45, 2.75) is 33.2 Å². The van der Waals surface area contributed by atoms with Crippen molar-refractivity contribution >= 4 is 23.0 Å². The lowest BCUT2D eigenvalue weighted by atomic mass is 9.90. The average molecular weight is 439 g/mol. The summed E-state index contributed by atoms with van der Waals surface area (Å²) >= 11 is 1.62. The highest BCUT2D eigenvalue weighted by Gasteiger charge is 2.36. The molecule has 3 aromatic rings. The number of H-pyrrole nitrogens is 1. The Bertz CT molecular complexity index is 1150. The smallest absolute Gasteiger partial charge is 0.271 e. The van der Waals surface area contributed by atoms with Crippen LogP contribution in [0.4, 0.5) is 0 Å². The Morgan fingerprint density at radius 3 is 2.45 bits per heavy atom. The molecule has 0 radical (unpaired) electrons. The molecule has 7 heteroatoms. The van der Waals surface area contributed by atoms with Crippen LogP contribution in [0.1, 0.15) is 61.1 Å². The van der Waals surface area contributed by atoms with Gasteiger partial charge in [-0.05, 0) is 67.5 Å². The van der Waals surface area contributed by atoms with Gasteiger partial charge in [-0.15, -0.1) is 11.3 Å². The molecule has 3 heterocycles. The third kappa shape index (κ3) is 3.53. The molecule has 1 N–H and O–H groups in total. The molecule has 1 aromatic carbocycles. The van der Waals surface area contributed by atoms with Gasteiger partial charge in [-0.3, -0.25) is 9.59 Å². The van der Waals surface area contributed by atoms with Crippen LogP contribution in [0.25, 0.3) is 0 Å². The van der Waals surface area contributed by atoms with Crippen molar-refractivity contribution < 1.29 is 19.1 Å². The largest absolute Gasteiger partial charge is 0.493 e. The van der Waals surface area contributed by atoms with Gasteiger partial charge in [0.25, 0.3) is 5.91 Å². The molecular weight excluding hydrogens is 412 g/mol. The number of ether oxygens (including phenoxy) is 2. The summed E-state index contributed by atoms with van der Waals surface area (Å²) in [6, 6.07) is 7.80. The van der Waals surface area contributed by atoms with Gasteiger partial charge in [-0.2, -0.15) is 0 Å². The van der Waals surface area contributed by atoms with Gasteiger partial charge >= 0.3 is 0 Å². The van der Waals surface area contributed by atoms with Crippen LogP contribution < -0.4 is 9.47 Å². The lowest BCUT2D eigenvalue weighted by Crippen LogP contribution is -2.40. The van der Waals surface area contributed by atoms with E-state index in [4.69, 9.17) is 9.47 Å². The van der Waals surface area contributed by atoms with Gasteiger partial charge in [0.2, 0.25) is 0 Å². The fourth-order valence-corrected chi connectivity index (χ4v) is 5.41. The molecule has 1 amide bonds. The monoisotopic (exact) mass is 438 g/mol. The molecule has 4 rings (SSSR count). The third-order valence-electron chi connectivity index (χ3n) is 5.95. The maximum atomic E-state index is 13.7. The van der Waals surface area contributed by atoms with Crippen molar-refractivity contribution in [3.63, 3.8) is 0 Å². The number of amides is 1. The SMILES string of the molecule is COc1cc2c(cc1OC)[C@@H](c1cccs1)N(C(=O)c1[nH]c(C)c(C(C)=O)c1C)CC2. The first kappa shape index (κ1) is 21.2. The van der Waals surface area contributed by atoms with Crippen LogP contribution in [0.5, 0.6) is 11.5 Å². The van der Waals surface area contributed by atoms with Crippen molar-refractivity contribution in [2.24, 2.45) is 0 Å². The number of carbonyl (C=O) groups is 2. The van der Waals surface area contributed by atoms with Gasteiger partial charge in [0.1, 0.15) is 5.69 Å². The highest BCUT2D eigenvalue weighted by molar-refractivity contribution is 7.10. The second kappa shape index (κ2) is 8.23. The number of rotatable bonds is 5. The Morgan fingerprint density at radius 1 is 1.16 bits per heavy atom. The number of hydrogen-bond donors (Lipinski definition) is 1. The van der Waals surface area contributed by atoms with Crippen LogP contribution >= 0.6 is 11.3 Å². The molecule has 2 aromatic heterocycles. The number of hydrogen-bond acceptors (Lipinski definition) is 5. The van der Waals surface area contributed by atoms with E-state index < -0.39 is 0 Å². The van der Waals surface area contributed by atoms with E-state index in [1.807, 2.05) is 42.3 Å². The summed E-state index contributed by atoms with van der Waals surface area (Å²) < 4.78 is 11.0. The van der Waals surface area contributed by atoms with Gasteiger partial charge in [0.05, 0.1) is 20.3 Å². The number of benzene rings is 1. The van der Waals surface area contributed by atoms with E-state index in [-0.39, 0.29) is 17.7 Å². The molecule has 0 saturated carbocycles. The topological polar surface area (TPSA) is 71.6 Å². The van der Waals surface area contributed by atoms with E-state index in [0.717, 1.165) is 21.7 Å². The quantitative estimate of drug-likeness (QED) is 0.586. The molecule has 162 valence electrons. The van der Waals surface area contributed by atoms with E-state index in [9.17, 15) is 9.59 Å². The van der Waals surface area contributed by atoms with E-state index in [0.29, 0.717) is 41.3 Å². The summed E-state index contributed by atoms with van der Waals surface area (Å²) in [6.07, 6.45) is 0.710. The van der Waals surface area contributed by atoms with E-state index in [1.54, 1.807) is 25.6 Å². The number of nitrogens with one attached hydrogen (secondary N) is 1. The molecule has 0 spiro atoms. The van der Waals surface area contributed by atoms with Crippen LogP contribution in [0, 0.1) is 13.8 Å². The van der Waals surface area contributed by atoms with Crippen LogP contribution in [0.2, 0.25) is 0 Å². The zero-order valence-electron chi connectivity index (χ0n) is 18.4. The summed E-state index contributed by atoms with van der Waals surface area (Å²) in [6.45, 7) is 5.76. The fourth-order valence-electron chi connectivity index (χ4n) is 4.55. The normalized spacial score (nSPS) is 15.5. The first-order valence-electron chi connectivity index (χ1n) is 10.2. The first-order valence-corrected chi connectivity index (χ1v) is 11.0. The number of thiophene rings is 1. The second-order valence-corrected chi connectivity index (χ2v) is 8.73. The molecule has 1 aliphatic rings. The van der Waals surface area contributed by atoms with Crippen molar-refractivity contribution in [1.29, 1.82) is 0 Å². The number of nitrogens with zero attached hydrogens (tertiary/aromatic N) is 1. The maximum Gasteiger partial charge on any atom is 0.271 e. The van der Waals surface area contributed by atoms with E-state index >= 15 is 0 Å². The van der Waals surface area contributed by atoms with Gasteiger partial charge in [-0.25, -0.2) is 0 Å². The number of aryl methyl sites for hydroxylation is 1. The number of methoxy groups -OCH3 is 2. The zero-order chi connectivity index (χ0) is 22.3. The Kier molecular flexibility index (Phi) is 5.62. The lowest BCUT2D eigenvalue weighted by molar-refractivity contribution is 0.0690. The Morgan fingerprint density at radius 2 is 1.87 bits per heavy atom. The van der Waals surface area contributed by atoms with Crippen LogP contribution in [0.3, 0.4) is 0 Å². The number of carbonyl (C=O) groups excluding carboxylic acids is 2. The molecule has 31 heavy (non-hydrogen) atoms. The van der Waals surface area contributed by atoms with Gasteiger partial charge in [0.15, 0.2) is 17.3 Å². The van der Waals surface area contributed by atoms with Crippen molar-refractivity contribution in [3.05, 3.63) is 68.2 Å². The van der Waals surface area contributed by atoms with Gasteiger partial charge in [-0.1, -0.05) is 6.07 Å². The van der Waals surface area contributed by atoms with Gasteiger partial charge < -0.3 is 19.4 Å². The molecule has 0 aliphatic carbocycles. The average Bonchev–Trinajstić information content (AvgIpc) is 3.38. The third-order valence-corrected chi connectivity index (χ3v) is 6.88. The molecule has 6 nitrogen and oxygen atoms in total. The molecule has 0 unspecified atom stereocenters. The van der Waals surface area contributed by atoms with Crippen molar-refractivity contribution in [2.75, 3.05) is 20.8 Å². The van der Waals surface area contributed by atoms with Gasteiger partial charge in [0, 0.05) is 22.7 Å². The Labute approximate surface area is 185 Å². The van der Waals surface area contributed by atoms with Crippen LogP contribution in [0.15, 0.2) is 29.6 Å². The second-order valence-electron chi connectivity index (χ2n) is 7.75. The van der Waals surface area contributed by atoms with Crippen molar-refractivity contribution in [3.8, 4) is 11.5 Å². The summed E-state index contributed by atoms with van der Waals surface area (Å²) in [5, 5.41) is 2.02.